The molecule has 3 rings (SSSR count). The summed E-state index contributed by atoms with van der Waals surface area (Å²) < 4.78 is 0. The fraction of sp³-hybridized carbons (Fsp3) is 0.417. The first kappa shape index (κ1) is 11.4. The molecule has 2 aromatic heterocycles. The lowest BCUT2D eigenvalue weighted by Crippen LogP contribution is -2.21. The maximum Gasteiger partial charge on any atom is 0.230 e. The number of hydrogen-bond acceptors (Lipinski definition) is 6. The Morgan fingerprint density at radius 2 is 1.94 bits per heavy atom. The number of hydrogen-bond donors (Lipinski definition) is 1. The van der Waals surface area contributed by atoms with Crippen molar-refractivity contribution in [3.05, 3.63) is 17.0 Å². The Labute approximate surface area is 110 Å². The zero-order valence-electron chi connectivity index (χ0n) is 10.3. The summed E-state index contributed by atoms with van der Waals surface area (Å²) in [7, 11) is 0. The second kappa shape index (κ2) is 4.53. The van der Waals surface area contributed by atoms with Gasteiger partial charge in [0, 0.05) is 18.0 Å². The van der Waals surface area contributed by atoms with Crippen LogP contribution in [0.2, 0.25) is 0 Å². The third-order valence-corrected chi connectivity index (χ3v) is 3.99. The van der Waals surface area contributed by atoms with Gasteiger partial charge in [-0.25, -0.2) is 0 Å². The van der Waals surface area contributed by atoms with E-state index in [9.17, 15) is 0 Å². The molecule has 6 heteroatoms. The van der Waals surface area contributed by atoms with Crippen molar-refractivity contribution in [1.29, 1.82) is 0 Å². The molecule has 0 spiro atoms. The van der Waals surface area contributed by atoms with Gasteiger partial charge < -0.3 is 10.6 Å². The third-order valence-electron chi connectivity index (χ3n) is 2.99. The average Bonchev–Trinajstić information content (AvgIpc) is 2.98. The van der Waals surface area contributed by atoms with Crippen molar-refractivity contribution < 1.29 is 0 Å². The molecule has 3 heterocycles. The van der Waals surface area contributed by atoms with Gasteiger partial charge >= 0.3 is 0 Å². The second-order valence-electron chi connectivity index (χ2n) is 4.42. The minimum absolute atomic E-state index is 0.299. The van der Waals surface area contributed by atoms with Crippen molar-refractivity contribution in [1.82, 2.24) is 15.0 Å². The van der Waals surface area contributed by atoms with Crippen molar-refractivity contribution in [2.75, 3.05) is 23.7 Å². The molecule has 1 aliphatic heterocycles. The fourth-order valence-corrected chi connectivity index (χ4v) is 2.91. The second-order valence-corrected chi connectivity index (χ2v) is 5.71. The van der Waals surface area contributed by atoms with E-state index in [4.69, 9.17) is 5.73 Å². The highest BCUT2D eigenvalue weighted by Gasteiger charge is 2.17. The number of nitrogen functional groups attached to an aromatic ring is 1. The smallest absolute Gasteiger partial charge is 0.230 e. The first-order valence-electron chi connectivity index (χ1n) is 6.06. The zero-order valence-corrected chi connectivity index (χ0v) is 11.1. The minimum Gasteiger partial charge on any atom is -0.368 e. The van der Waals surface area contributed by atoms with Crippen LogP contribution in [0.3, 0.4) is 0 Å². The molecule has 0 aliphatic carbocycles. The molecule has 94 valence electrons. The van der Waals surface area contributed by atoms with E-state index < -0.39 is 0 Å². The van der Waals surface area contributed by atoms with Crippen LogP contribution in [-0.4, -0.2) is 28.0 Å². The number of thiophene rings is 1. The van der Waals surface area contributed by atoms with Crippen molar-refractivity contribution >= 4 is 23.2 Å². The quantitative estimate of drug-likeness (QED) is 0.896. The molecule has 0 aromatic carbocycles. The van der Waals surface area contributed by atoms with E-state index in [1.807, 2.05) is 6.07 Å². The molecule has 5 nitrogen and oxygen atoms in total. The summed E-state index contributed by atoms with van der Waals surface area (Å²) in [4.78, 5) is 17.5. The average molecular weight is 261 g/mol. The monoisotopic (exact) mass is 261 g/mol. The van der Waals surface area contributed by atoms with Crippen LogP contribution in [0, 0.1) is 6.92 Å². The minimum atomic E-state index is 0.299. The van der Waals surface area contributed by atoms with Gasteiger partial charge in [0.25, 0.3) is 0 Å². The molecule has 0 atom stereocenters. The molecule has 1 saturated heterocycles. The summed E-state index contributed by atoms with van der Waals surface area (Å²) in [5, 5.41) is 0. The highest BCUT2D eigenvalue weighted by molar-refractivity contribution is 7.15. The summed E-state index contributed by atoms with van der Waals surface area (Å²) in [6, 6.07) is 4.10. The molecular weight excluding hydrogens is 246 g/mol. The van der Waals surface area contributed by atoms with E-state index >= 15 is 0 Å². The summed E-state index contributed by atoms with van der Waals surface area (Å²) >= 11 is 1.67. The number of anilines is 2. The summed E-state index contributed by atoms with van der Waals surface area (Å²) in [6.45, 7) is 4.08. The maximum atomic E-state index is 5.79. The zero-order chi connectivity index (χ0) is 12.5. The van der Waals surface area contributed by atoms with Gasteiger partial charge in [-0.3, -0.25) is 0 Å². The van der Waals surface area contributed by atoms with Crippen LogP contribution < -0.4 is 10.6 Å². The maximum absolute atomic E-state index is 5.79. The molecule has 1 fully saturated rings. The van der Waals surface area contributed by atoms with Gasteiger partial charge in [-0.15, -0.1) is 11.3 Å². The Morgan fingerprint density at radius 3 is 2.61 bits per heavy atom. The van der Waals surface area contributed by atoms with Gasteiger partial charge in [0.1, 0.15) is 0 Å². The number of nitrogens with two attached hydrogens (primary N) is 1. The van der Waals surface area contributed by atoms with E-state index in [1.165, 1.54) is 17.7 Å². The van der Waals surface area contributed by atoms with Crippen LogP contribution in [0.15, 0.2) is 12.1 Å². The Kier molecular flexibility index (Phi) is 2.87. The summed E-state index contributed by atoms with van der Waals surface area (Å²) in [5.74, 6) is 1.69. The standard InChI is InChI=1S/C12H15N5S/c1-8-4-5-9(18-8)10-14-11(13)16-12(15-10)17-6-2-3-7-17/h4-5H,2-3,6-7H2,1H3,(H2,13,14,15,16). The van der Waals surface area contributed by atoms with Crippen LogP contribution >= 0.6 is 11.3 Å². The van der Waals surface area contributed by atoms with Gasteiger partial charge in [0.05, 0.1) is 4.88 Å². The summed E-state index contributed by atoms with van der Waals surface area (Å²) in [6.07, 6.45) is 2.39. The van der Waals surface area contributed by atoms with Crippen molar-refractivity contribution in [2.24, 2.45) is 0 Å². The van der Waals surface area contributed by atoms with Crippen LogP contribution in [0.1, 0.15) is 17.7 Å². The first-order valence-corrected chi connectivity index (χ1v) is 6.87. The number of aryl methyl sites for hydroxylation is 1. The number of aromatic nitrogens is 3. The Hall–Kier alpha value is -1.69. The highest BCUT2D eigenvalue weighted by Crippen LogP contribution is 2.27. The predicted molar refractivity (Wildman–Crippen MR) is 73.7 cm³/mol. The molecule has 0 saturated carbocycles. The van der Waals surface area contributed by atoms with Crippen LogP contribution in [-0.2, 0) is 0 Å². The number of nitrogens with zero attached hydrogens (tertiary/aromatic N) is 4. The van der Waals surface area contributed by atoms with Crippen LogP contribution in [0.4, 0.5) is 11.9 Å². The largest absolute Gasteiger partial charge is 0.368 e. The molecule has 2 N–H and O–H groups in total. The van der Waals surface area contributed by atoms with Gasteiger partial charge in [0.15, 0.2) is 5.82 Å². The summed E-state index contributed by atoms with van der Waals surface area (Å²) in [5.41, 5.74) is 5.79. The van der Waals surface area contributed by atoms with E-state index in [0.717, 1.165) is 18.0 Å². The predicted octanol–water partition coefficient (Wildman–Crippen LogP) is 2.09. The lowest BCUT2D eigenvalue weighted by molar-refractivity contribution is 0.888. The van der Waals surface area contributed by atoms with Crippen molar-refractivity contribution in [2.45, 2.75) is 19.8 Å². The van der Waals surface area contributed by atoms with Crippen LogP contribution in [0.25, 0.3) is 10.7 Å². The van der Waals surface area contributed by atoms with Crippen molar-refractivity contribution in [3.8, 4) is 10.7 Å². The number of rotatable bonds is 2. The SMILES string of the molecule is Cc1ccc(-c2nc(N)nc(N3CCCC3)n2)s1. The fourth-order valence-electron chi connectivity index (χ4n) is 2.10. The van der Waals surface area contributed by atoms with E-state index in [-0.39, 0.29) is 0 Å². The van der Waals surface area contributed by atoms with Gasteiger partial charge in [-0.05, 0) is 31.9 Å². The Morgan fingerprint density at radius 1 is 1.17 bits per heavy atom. The molecule has 1 aliphatic rings. The molecule has 0 unspecified atom stereocenters. The molecular formula is C12H15N5S. The van der Waals surface area contributed by atoms with E-state index in [1.54, 1.807) is 11.3 Å². The topological polar surface area (TPSA) is 67.9 Å². The highest BCUT2D eigenvalue weighted by atomic mass is 32.1. The van der Waals surface area contributed by atoms with Gasteiger partial charge in [-0.2, -0.15) is 15.0 Å². The first-order chi connectivity index (χ1) is 8.72. The molecule has 18 heavy (non-hydrogen) atoms. The lowest BCUT2D eigenvalue weighted by Gasteiger charge is -2.15. The van der Waals surface area contributed by atoms with E-state index in [2.05, 4.69) is 32.8 Å². The lowest BCUT2D eigenvalue weighted by atomic mass is 10.4. The van der Waals surface area contributed by atoms with Crippen LogP contribution in [0.5, 0.6) is 0 Å². The Balaban J connectivity index is 1.99. The van der Waals surface area contributed by atoms with E-state index in [0.29, 0.717) is 17.7 Å². The Bertz CT molecular complexity index is 559. The van der Waals surface area contributed by atoms with Gasteiger partial charge in [-0.1, -0.05) is 0 Å². The van der Waals surface area contributed by atoms with Crippen molar-refractivity contribution in [3.63, 3.8) is 0 Å². The van der Waals surface area contributed by atoms with Gasteiger partial charge in [0.2, 0.25) is 11.9 Å². The molecule has 0 radical (unpaired) electrons. The molecule has 2 aromatic rings. The normalized spacial score (nSPS) is 15.3. The molecule has 0 amide bonds. The third kappa shape index (κ3) is 2.15. The molecule has 0 bridgehead atoms.